The van der Waals surface area contributed by atoms with Crippen LogP contribution in [0.5, 0.6) is 0 Å². The van der Waals surface area contributed by atoms with Crippen LogP contribution < -0.4 is 10.2 Å². The van der Waals surface area contributed by atoms with Gasteiger partial charge < -0.3 is 5.32 Å². The summed E-state index contributed by atoms with van der Waals surface area (Å²) >= 11 is 7.42. The lowest BCUT2D eigenvalue weighted by molar-refractivity contribution is -0.123. The van der Waals surface area contributed by atoms with E-state index in [0.29, 0.717) is 16.9 Å². The average Bonchev–Trinajstić information content (AvgIpc) is 3.35. The zero-order valence-corrected chi connectivity index (χ0v) is 20.3. The molecule has 0 radical (unpaired) electrons. The maximum atomic E-state index is 13.2. The van der Waals surface area contributed by atoms with E-state index in [2.05, 4.69) is 37.2 Å². The van der Waals surface area contributed by atoms with Crippen molar-refractivity contribution in [1.82, 2.24) is 0 Å². The van der Waals surface area contributed by atoms with Crippen molar-refractivity contribution in [2.75, 3.05) is 10.2 Å². The Morgan fingerprint density at radius 3 is 2.19 bits per heavy atom. The summed E-state index contributed by atoms with van der Waals surface area (Å²) in [5.41, 5.74) is 3.84. The lowest BCUT2D eigenvalue weighted by atomic mass is 9.81. The van der Waals surface area contributed by atoms with Crippen molar-refractivity contribution in [2.45, 2.75) is 29.9 Å². The molecule has 3 amide bonds. The number of carbonyl (C=O) groups is 3. The number of amides is 3. The molecule has 1 saturated heterocycles. The van der Waals surface area contributed by atoms with Gasteiger partial charge in [0.25, 0.3) is 5.91 Å². The fourth-order valence-electron chi connectivity index (χ4n) is 5.41. The Hall–Kier alpha value is -1.99. The monoisotopic (exact) mass is 544 g/mol. The van der Waals surface area contributed by atoms with E-state index >= 15 is 0 Å². The van der Waals surface area contributed by atoms with Crippen molar-refractivity contribution in [3.05, 3.63) is 59.2 Å². The number of halogens is 2. The van der Waals surface area contributed by atoms with E-state index < -0.39 is 0 Å². The number of imide groups is 1. The molecule has 1 N–H and O–H groups in total. The van der Waals surface area contributed by atoms with Gasteiger partial charge in [0.1, 0.15) is 0 Å². The summed E-state index contributed by atoms with van der Waals surface area (Å²) in [6.45, 7) is 4.01. The molecule has 1 aliphatic heterocycles. The van der Waals surface area contributed by atoms with Gasteiger partial charge in [-0.15, -0.1) is 0 Å². The third-order valence-corrected chi connectivity index (χ3v) is 10.3. The topological polar surface area (TPSA) is 66.5 Å². The number of nitrogens with zero attached hydrogens (tertiary/aromatic N) is 1. The first-order valence-electron chi connectivity index (χ1n) is 10.4. The molecule has 2 aromatic carbocycles. The summed E-state index contributed by atoms with van der Waals surface area (Å²) in [4.78, 5) is 41.0. The molecular weight excluding hydrogens is 524 g/mol. The highest BCUT2D eigenvalue weighted by molar-refractivity contribution is 9.12. The molecule has 2 aliphatic carbocycles. The number of hydrogen-bond donors (Lipinski definition) is 1. The van der Waals surface area contributed by atoms with Gasteiger partial charge in [-0.25, -0.2) is 0 Å². The fraction of sp³-hybridized carbons (Fsp3) is 0.375. The summed E-state index contributed by atoms with van der Waals surface area (Å²) in [7, 11) is 0. The quantitative estimate of drug-likeness (QED) is 0.443. The Balaban J connectivity index is 1.40. The Morgan fingerprint density at radius 2 is 1.58 bits per heavy atom. The van der Waals surface area contributed by atoms with Crippen molar-refractivity contribution in [1.29, 1.82) is 0 Å². The third kappa shape index (κ3) is 3.20. The van der Waals surface area contributed by atoms with Crippen LogP contribution in [0.25, 0.3) is 0 Å². The zero-order chi connectivity index (χ0) is 22.0. The minimum Gasteiger partial charge on any atom is -0.322 e. The molecule has 2 aromatic rings. The van der Waals surface area contributed by atoms with Gasteiger partial charge in [-0.1, -0.05) is 44.0 Å². The minimum atomic E-state index is -0.274. The van der Waals surface area contributed by atoms with Gasteiger partial charge in [-0.2, -0.15) is 0 Å². The van der Waals surface area contributed by atoms with Crippen LogP contribution in [0.3, 0.4) is 0 Å². The lowest BCUT2D eigenvalue weighted by Crippen LogP contribution is -2.37. The highest BCUT2D eigenvalue weighted by Gasteiger charge is 2.66. The molecule has 0 unspecified atom stereocenters. The summed E-state index contributed by atoms with van der Waals surface area (Å²) in [6, 6.07) is 12.5. The Kier molecular flexibility index (Phi) is 5.09. The number of anilines is 2. The maximum absolute atomic E-state index is 13.2. The van der Waals surface area contributed by atoms with Gasteiger partial charge in [-0.3, -0.25) is 19.3 Å². The van der Waals surface area contributed by atoms with E-state index in [-0.39, 0.29) is 51.0 Å². The van der Waals surface area contributed by atoms with E-state index in [1.54, 1.807) is 24.3 Å². The minimum absolute atomic E-state index is 0.141. The normalized spacial score (nSPS) is 31.3. The average molecular weight is 546 g/mol. The second kappa shape index (κ2) is 7.55. The molecule has 0 aromatic heterocycles. The highest BCUT2D eigenvalue weighted by Crippen LogP contribution is 2.60. The van der Waals surface area contributed by atoms with Crippen molar-refractivity contribution in [3.8, 4) is 0 Å². The molecule has 31 heavy (non-hydrogen) atoms. The third-order valence-electron chi connectivity index (χ3n) is 7.12. The number of fused-ring (bicyclic) bond motifs is 5. The first-order chi connectivity index (χ1) is 14.8. The number of carbonyl (C=O) groups excluding carboxylic acids is 3. The molecule has 160 valence electrons. The van der Waals surface area contributed by atoms with Crippen LogP contribution in [0.1, 0.15) is 27.9 Å². The first-order valence-corrected chi connectivity index (χ1v) is 12.3. The lowest BCUT2D eigenvalue weighted by Gasteiger charge is -2.28. The van der Waals surface area contributed by atoms with Gasteiger partial charge in [0, 0.05) is 20.9 Å². The van der Waals surface area contributed by atoms with Crippen LogP contribution in [0, 0.1) is 37.5 Å². The molecule has 1 heterocycles. The van der Waals surface area contributed by atoms with Gasteiger partial charge in [0.05, 0.1) is 17.5 Å². The molecule has 2 saturated carbocycles. The Labute approximate surface area is 197 Å². The number of nitrogens with one attached hydrogen (secondary N) is 1. The number of hydrogen-bond acceptors (Lipinski definition) is 3. The van der Waals surface area contributed by atoms with E-state index in [1.165, 1.54) is 4.90 Å². The van der Waals surface area contributed by atoms with E-state index in [4.69, 9.17) is 0 Å². The fourth-order valence-corrected chi connectivity index (χ4v) is 7.29. The van der Waals surface area contributed by atoms with Crippen LogP contribution in [0.15, 0.2) is 42.5 Å². The number of alkyl halides is 2. The summed E-state index contributed by atoms with van der Waals surface area (Å²) in [6.07, 6.45) is 0.894. The smallest absolute Gasteiger partial charge is 0.255 e. The first kappa shape index (κ1) is 20.9. The van der Waals surface area contributed by atoms with E-state index in [1.807, 2.05) is 32.0 Å². The van der Waals surface area contributed by atoms with Gasteiger partial charge in [0.15, 0.2) is 0 Å². The van der Waals surface area contributed by atoms with Crippen LogP contribution >= 0.6 is 31.9 Å². The number of benzene rings is 2. The molecule has 6 atom stereocenters. The van der Waals surface area contributed by atoms with Crippen LogP contribution in [0.2, 0.25) is 0 Å². The second-order valence-corrected chi connectivity index (χ2v) is 10.9. The SMILES string of the molecule is Cc1ccc(NC(=O)c2cccc(N3C(=O)[C@@H]4[C@H]5C[C@@H]([C@H](Br)[C@@H]5Br)[C@@H]4C3=O)c2)cc1C. The molecule has 2 bridgehead atoms. The highest BCUT2D eigenvalue weighted by atomic mass is 79.9. The van der Waals surface area contributed by atoms with E-state index in [9.17, 15) is 14.4 Å². The second-order valence-electron chi connectivity index (χ2n) is 8.82. The van der Waals surface area contributed by atoms with E-state index in [0.717, 1.165) is 17.5 Å². The van der Waals surface area contributed by atoms with Crippen molar-refractivity contribution in [2.24, 2.45) is 23.7 Å². The van der Waals surface area contributed by atoms with Crippen molar-refractivity contribution < 1.29 is 14.4 Å². The van der Waals surface area contributed by atoms with Crippen LogP contribution in [-0.2, 0) is 9.59 Å². The predicted octanol–water partition coefficient (Wildman–Crippen LogP) is 4.84. The Morgan fingerprint density at radius 1 is 0.935 bits per heavy atom. The Bertz CT molecular complexity index is 1090. The summed E-state index contributed by atoms with van der Waals surface area (Å²) in [5, 5.41) is 2.90. The molecule has 7 heteroatoms. The van der Waals surface area contributed by atoms with Gasteiger partial charge in [0.2, 0.25) is 11.8 Å². The van der Waals surface area contributed by atoms with Crippen LogP contribution in [0.4, 0.5) is 11.4 Å². The molecule has 5 rings (SSSR count). The van der Waals surface area contributed by atoms with Gasteiger partial charge in [-0.05, 0) is 73.6 Å². The molecule has 0 spiro atoms. The van der Waals surface area contributed by atoms with Crippen LogP contribution in [-0.4, -0.2) is 27.4 Å². The molecular formula is C24H22Br2N2O3. The molecule has 3 aliphatic rings. The predicted molar refractivity (Wildman–Crippen MR) is 127 cm³/mol. The summed E-state index contributed by atoms with van der Waals surface area (Å²) < 4.78 is 0. The van der Waals surface area contributed by atoms with Gasteiger partial charge >= 0.3 is 0 Å². The molecule has 3 fully saturated rings. The number of rotatable bonds is 3. The molecule has 5 nitrogen and oxygen atoms in total. The standard InChI is InChI=1S/C24H22Br2N2O3/c1-11-6-7-14(8-12(11)2)27-22(29)13-4-3-5-15(9-13)28-23(30)18-16-10-17(19(18)24(28)31)21(26)20(16)25/h3-9,16-21H,10H2,1-2H3,(H,27,29)/t16-,17-,18-,19+,20-,21+/m1/s1. The maximum Gasteiger partial charge on any atom is 0.255 e. The summed E-state index contributed by atoms with van der Waals surface area (Å²) in [5.74, 6) is -0.775. The number of aryl methyl sites for hydroxylation is 2. The zero-order valence-electron chi connectivity index (χ0n) is 17.1. The van der Waals surface area contributed by atoms with Crippen molar-refractivity contribution >= 4 is 61.0 Å². The van der Waals surface area contributed by atoms with Crippen molar-refractivity contribution in [3.63, 3.8) is 0 Å². The largest absolute Gasteiger partial charge is 0.322 e.